The quantitative estimate of drug-likeness (QED) is 0.115. The zero-order valence-electron chi connectivity index (χ0n) is 21.0. The number of carbonyl (C=O) groups excluding carboxylic acids is 2. The second kappa shape index (κ2) is 21.3. The van der Waals surface area contributed by atoms with Gasteiger partial charge in [-0.05, 0) is 27.9 Å². The van der Waals surface area contributed by atoms with Crippen LogP contribution in [-0.2, 0) is 33.6 Å². The Kier molecular flexibility index (Phi) is 24.4. The van der Waals surface area contributed by atoms with Gasteiger partial charge in [0.1, 0.15) is 19.8 Å². The van der Waals surface area contributed by atoms with Crippen LogP contribution < -0.4 is 0 Å². The maximum absolute atomic E-state index is 10.9. The number of hydrogen-bond donors (Lipinski definition) is 0. The third kappa shape index (κ3) is 44.0. The number of ether oxygens (including phenoxy) is 2. The maximum atomic E-state index is 10.9. The molecule has 0 aliphatic rings. The van der Waals surface area contributed by atoms with Crippen molar-refractivity contribution in [3.05, 3.63) is 37.0 Å². The van der Waals surface area contributed by atoms with Crippen LogP contribution in [0.3, 0.4) is 0 Å². The van der Waals surface area contributed by atoms with E-state index in [1.54, 1.807) is 19.9 Å². The fourth-order valence-electron chi connectivity index (χ4n) is 0.980. The molecule has 0 fully saturated rings. The molecular formula is C21H39N3O8S. The molecule has 0 aromatic heterocycles. The first kappa shape index (κ1) is 37.7. The van der Waals surface area contributed by atoms with E-state index in [0.29, 0.717) is 24.4 Å². The van der Waals surface area contributed by atoms with Crippen molar-refractivity contribution in [3.63, 3.8) is 0 Å². The van der Waals surface area contributed by atoms with E-state index in [-0.39, 0.29) is 11.9 Å². The largest absolute Gasteiger partial charge is 0.726 e. The lowest BCUT2D eigenvalue weighted by Gasteiger charge is -2.23. The minimum absolute atomic E-state index is 0.302. The molecule has 0 bridgehead atoms. The van der Waals surface area contributed by atoms with E-state index in [1.807, 2.05) is 19.0 Å². The fraction of sp³-hybridized carbons (Fsp3) is 0.571. The Morgan fingerprint density at radius 2 is 1.39 bits per heavy atom. The highest BCUT2D eigenvalue weighted by Gasteiger charge is 2.09. The van der Waals surface area contributed by atoms with Crippen molar-refractivity contribution in [2.24, 2.45) is 0 Å². The highest BCUT2D eigenvalue weighted by atomic mass is 32.3. The van der Waals surface area contributed by atoms with Crippen LogP contribution >= 0.6 is 0 Å². The summed E-state index contributed by atoms with van der Waals surface area (Å²) in [4.78, 5) is 23.6. The van der Waals surface area contributed by atoms with Crippen LogP contribution in [0.4, 0.5) is 0 Å². The molecule has 0 spiro atoms. The molecule has 0 heterocycles. The van der Waals surface area contributed by atoms with Crippen LogP contribution in [0, 0.1) is 11.3 Å². The minimum atomic E-state index is -4.41. The molecule has 0 unspecified atom stereocenters. The lowest BCUT2D eigenvalue weighted by Crippen LogP contribution is -2.38. The standard InChI is InChI=1S/C9H18NO2.C8H15NO2.C3H3N.CH4O4S/c1-8(2)9(11)12-7-6-10(3,4)5;1-7(2)8(10)11-6-5-9(3)4;1-2-3-4;1-5-6(2,3)4/h1,6-7H2,2-5H3;1,5-6H2,2-4H3;2H,1H2;1H3,(H,2,3,4)/q+1;;;/p-1. The Morgan fingerprint density at radius 1 is 1.06 bits per heavy atom. The summed E-state index contributed by atoms with van der Waals surface area (Å²) in [7, 11) is 6.40. The first-order valence-corrected chi connectivity index (χ1v) is 10.8. The zero-order chi connectivity index (χ0) is 27.3. The molecule has 0 aliphatic carbocycles. The highest BCUT2D eigenvalue weighted by molar-refractivity contribution is 7.80. The molecule has 0 aromatic carbocycles. The molecule has 0 saturated heterocycles. The molecule has 12 heteroatoms. The SMILES string of the molecule is C=C(C)C(=O)OCCN(C)C.C=C(C)C(=O)OCC[N+](C)(C)C.C=CC#N.COS(=O)(=O)[O-]. The molecule has 0 aliphatic heterocycles. The van der Waals surface area contributed by atoms with Crippen LogP contribution in [0.15, 0.2) is 37.0 Å². The molecule has 0 aromatic rings. The molecule has 0 radical (unpaired) electrons. The Balaban J connectivity index is -0.000000184. The molecular weight excluding hydrogens is 454 g/mol. The second-order valence-electron chi connectivity index (χ2n) is 7.56. The topological polar surface area (TPSA) is 146 Å². The van der Waals surface area contributed by atoms with Crippen molar-refractivity contribution >= 4 is 22.3 Å². The van der Waals surface area contributed by atoms with Crippen molar-refractivity contribution < 1.29 is 40.7 Å². The van der Waals surface area contributed by atoms with E-state index in [1.165, 1.54) is 6.08 Å². The predicted molar refractivity (Wildman–Crippen MR) is 126 cm³/mol. The molecule has 192 valence electrons. The van der Waals surface area contributed by atoms with Gasteiger partial charge in [-0.2, -0.15) is 5.26 Å². The van der Waals surface area contributed by atoms with Gasteiger partial charge in [0, 0.05) is 23.8 Å². The number of nitrogens with zero attached hydrogens (tertiary/aromatic N) is 3. The highest BCUT2D eigenvalue weighted by Crippen LogP contribution is 1.94. The summed E-state index contributed by atoms with van der Waals surface area (Å²) in [6.07, 6.45) is 1.18. The van der Waals surface area contributed by atoms with Gasteiger partial charge in [-0.15, -0.1) is 0 Å². The number of hydrogen-bond acceptors (Lipinski definition) is 10. The second-order valence-corrected chi connectivity index (χ2v) is 8.71. The van der Waals surface area contributed by atoms with E-state index in [9.17, 15) is 22.6 Å². The zero-order valence-corrected chi connectivity index (χ0v) is 21.9. The number of likely N-dealkylation sites (N-methyl/N-ethyl adjacent to an activating group) is 2. The third-order valence-corrected chi connectivity index (χ3v) is 3.17. The number of nitriles is 1. The molecule has 0 N–H and O–H groups in total. The third-order valence-electron chi connectivity index (χ3n) is 2.76. The van der Waals surface area contributed by atoms with Crippen LogP contribution in [0.2, 0.25) is 0 Å². The lowest BCUT2D eigenvalue weighted by molar-refractivity contribution is -0.870. The summed E-state index contributed by atoms with van der Waals surface area (Å²) < 4.78 is 41.6. The monoisotopic (exact) mass is 493 g/mol. The summed E-state index contributed by atoms with van der Waals surface area (Å²) in [5, 5.41) is 7.51. The van der Waals surface area contributed by atoms with Crippen molar-refractivity contribution in [2.45, 2.75) is 13.8 Å². The van der Waals surface area contributed by atoms with Crippen LogP contribution in [-0.4, -0.2) is 103 Å². The first-order valence-electron chi connectivity index (χ1n) is 9.46. The van der Waals surface area contributed by atoms with Gasteiger partial charge in [0.2, 0.25) is 10.4 Å². The summed E-state index contributed by atoms with van der Waals surface area (Å²) in [6.45, 7) is 15.8. The van der Waals surface area contributed by atoms with Gasteiger partial charge in [-0.25, -0.2) is 18.0 Å². The summed E-state index contributed by atoms with van der Waals surface area (Å²) in [6, 6.07) is 1.69. The van der Waals surface area contributed by atoms with Crippen molar-refractivity contribution in [3.8, 4) is 6.07 Å². The lowest BCUT2D eigenvalue weighted by atomic mass is 10.4. The van der Waals surface area contributed by atoms with E-state index < -0.39 is 10.4 Å². The Morgan fingerprint density at radius 3 is 1.61 bits per heavy atom. The van der Waals surface area contributed by atoms with Crippen LogP contribution in [0.5, 0.6) is 0 Å². The first-order chi connectivity index (χ1) is 14.8. The van der Waals surface area contributed by atoms with Gasteiger partial charge in [-0.1, -0.05) is 19.7 Å². The van der Waals surface area contributed by atoms with Gasteiger partial charge >= 0.3 is 11.9 Å². The smallest absolute Gasteiger partial charge is 0.333 e. The predicted octanol–water partition coefficient (Wildman–Crippen LogP) is 1.27. The number of allylic oxidation sites excluding steroid dienone is 1. The van der Waals surface area contributed by atoms with Gasteiger partial charge in [-0.3, -0.25) is 4.18 Å². The van der Waals surface area contributed by atoms with E-state index >= 15 is 0 Å². The van der Waals surface area contributed by atoms with Crippen molar-refractivity contribution in [2.75, 3.05) is 68.7 Å². The molecule has 33 heavy (non-hydrogen) atoms. The molecule has 0 saturated carbocycles. The molecule has 0 amide bonds. The van der Waals surface area contributed by atoms with Crippen molar-refractivity contribution in [1.82, 2.24) is 4.90 Å². The Bertz CT molecular complexity index is 748. The van der Waals surface area contributed by atoms with Crippen LogP contribution in [0.1, 0.15) is 13.8 Å². The number of carbonyl (C=O) groups is 2. The molecule has 11 nitrogen and oxygen atoms in total. The van der Waals surface area contributed by atoms with E-state index in [2.05, 4.69) is 45.1 Å². The Hall–Kier alpha value is -2.56. The van der Waals surface area contributed by atoms with Gasteiger partial charge in [0.05, 0.1) is 34.3 Å². The summed E-state index contributed by atoms with van der Waals surface area (Å²) in [5.41, 5.74) is 0.903. The fourth-order valence-corrected chi connectivity index (χ4v) is 0.980. The van der Waals surface area contributed by atoms with Gasteiger partial charge in [0.15, 0.2) is 0 Å². The average molecular weight is 494 g/mol. The van der Waals surface area contributed by atoms with Gasteiger partial charge < -0.3 is 23.4 Å². The number of quaternary nitrogens is 1. The normalized spacial score (nSPS) is 9.85. The Labute approximate surface area is 199 Å². The average Bonchev–Trinajstić information content (AvgIpc) is 2.67. The maximum Gasteiger partial charge on any atom is 0.333 e. The minimum Gasteiger partial charge on any atom is -0.726 e. The molecule has 0 atom stereocenters. The number of rotatable bonds is 9. The van der Waals surface area contributed by atoms with E-state index in [0.717, 1.165) is 24.7 Å². The van der Waals surface area contributed by atoms with Crippen molar-refractivity contribution in [1.29, 1.82) is 5.26 Å². The van der Waals surface area contributed by atoms with E-state index in [4.69, 9.17) is 14.7 Å². The molecule has 0 rings (SSSR count). The number of esters is 2. The van der Waals surface area contributed by atoms with Crippen LogP contribution in [0.25, 0.3) is 0 Å². The summed E-state index contributed by atoms with van der Waals surface area (Å²) >= 11 is 0. The van der Waals surface area contributed by atoms with Gasteiger partial charge in [0.25, 0.3) is 0 Å². The summed E-state index contributed by atoms with van der Waals surface area (Å²) in [5.74, 6) is -0.615.